The van der Waals surface area contributed by atoms with E-state index in [1.807, 2.05) is 6.07 Å². The summed E-state index contributed by atoms with van der Waals surface area (Å²) in [7, 11) is 0. The summed E-state index contributed by atoms with van der Waals surface area (Å²) in [6, 6.07) is 5.02. The first-order valence-corrected chi connectivity index (χ1v) is 6.48. The van der Waals surface area contributed by atoms with E-state index in [4.69, 9.17) is 23.2 Å². The van der Waals surface area contributed by atoms with Crippen LogP contribution in [0.1, 0.15) is 25.3 Å². The predicted molar refractivity (Wildman–Crippen MR) is 66.6 cm³/mol. The fraction of sp³-hybridized carbons (Fsp3) is 0.538. The first-order valence-electron chi connectivity index (χ1n) is 5.66. The number of halogens is 3. The van der Waals surface area contributed by atoms with Gasteiger partial charge < -0.3 is 0 Å². The monoisotopic (exact) mass is 260 g/mol. The molecule has 0 bridgehead atoms. The third-order valence-corrected chi connectivity index (χ3v) is 4.68. The van der Waals surface area contributed by atoms with E-state index >= 15 is 0 Å². The van der Waals surface area contributed by atoms with Gasteiger partial charge in [0.05, 0.1) is 5.02 Å². The summed E-state index contributed by atoms with van der Waals surface area (Å²) < 4.78 is 13.3. The molecule has 1 aliphatic carbocycles. The average molecular weight is 261 g/mol. The van der Waals surface area contributed by atoms with Crippen molar-refractivity contribution in [3.8, 4) is 0 Å². The van der Waals surface area contributed by atoms with E-state index in [1.165, 1.54) is 6.07 Å². The highest BCUT2D eigenvalue weighted by Gasteiger charge is 2.31. The largest absolute Gasteiger partial charge is 0.205 e. The van der Waals surface area contributed by atoms with Gasteiger partial charge in [-0.05, 0) is 42.7 Å². The molecule has 88 valence electrons. The Kier molecular flexibility index (Phi) is 3.76. The van der Waals surface area contributed by atoms with Gasteiger partial charge in [0, 0.05) is 5.38 Å². The summed E-state index contributed by atoms with van der Waals surface area (Å²) in [5.74, 6) is 0.690. The molecule has 0 radical (unpaired) electrons. The Bertz CT molecular complexity index is 378. The Morgan fingerprint density at radius 1 is 1.38 bits per heavy atom. The standard InChI is InChI=1S/C13H15Cl2F/c1-8-9(5-6-11(8)14)7-10-3-2-4-12(16)13(10)15/h2-4,8-9,11H,5-7H2,1H3. The third kappa shape index (κ3) is 2.36. The van der Waals surface area contributed by atoms with Gasteiger partial charge in [0.25, 0.3) is 0 Å². The molecule has 1 fully saturated rings. The van der Waals surface area contributed by atoms with Crippen LogP contribution in [0.15, 0.2) is 18.2 Å². The molecule has 0 aliphatic heterocycles. The minimum absolute atomic E-state index is 0.261. The summed E-state index contributed by atoms with van der Waals surface area (Å²) in [6.07, 6.45) is 3.00. The highest BCUT2D eigenvalue weighted by atomic mass is 35.5. The molecule has 1 aromatic rings. The summed E-state index contributed by atoms with van der Waals surface area (Å²) in [6.45, 7) is 2.17. The van der Waals surface area contributed by atoms with Crippen LogP contribution >= 0.6 is 23.2 Å². The van der Waals surface area contributed by atoms with E-state index < -0.39 is 0 Å². The second-order valence-electron chi connectivity index (χ2n) is 4.63. The average Bonchev–Trinajstić information content (AvgIpc) is 2.57. The summed E-state index contributed by atoms with van der Waals surface area (Å²) in [5.41, 5.74) is 0.907. The lowest BCUT2D eigenvalue weighted by atomic mass is 9.91. The number of hydrogen-bond acceptors (Lipinski definition) is 0. The summed E-state index contributed by atoms with van der Waals surface area (Å²) in [4.78, 5) is 0. The van der Waals surface area contributed by atoms with Crippen LogP contribution in [0.4, 0.5) is 4.39 Å². The van der Waals surface area contributed by atoms with Gasteiger partial charge in [0.2, 0.25) is 0 Å². The third-order valence-electron chi connectivity index (χ3n) is 3.64. The van der Waals surface area contributed by atoms with Crippen molar-refractivity contribution in [2.45, 2.75) is 31.6 Å². The lowest BCUT2D eigenvalue weighted by Crippen LogP contribution is -2.13. The zero-order chi connectivity index (χ0) is 11.7. The molecule has 16 heavy (non-hydrogen) atoms. The Hall–Kier alpha value is -0.270. The molecule has 0 heterocycles. The Labute approximate surface area is 106 Å². The van der Waals surface area contributed by atoms with Crippen molar-refractivity contribution in [2.75, 3.05) is 0 Å². The van der Waals surface area contributed by atoms with E-state index in [0.29, 0.717) is 11.8 Å². The van der Waals surface area contributed by atoms with Gasteiger partial charge in [-0.1, -0.05) is 30.7 Å². The SMILES string of the molecule is CC1C(Cl)CCC1Cc1cccc(F)c1Cl. The van der Waals surface area contributed by atoms with Crippen molar-refractivity contribution in [3.63, 3.8) is 0 Å². The normalized spacial score (nSPS) is 29.6. The molecule has 0 N–H and O–H groups in total. The molecule has 2 rings (SSSR count). The maximum Gasteiger partial charge on any atom is 0.142 e. The number of rotatable bonds is 2. The predicted octanol–water partition coefficient (Wildman–Crippen LogP) is 4.68. The molecule has 1 saturated carbocycles. The van der Waals surface area contributed by atoms with Crippen molar-refractivity contribution in [1.82, 2.24) is 0 Å². The van der Waals surface area contributed by atoms with Crippen LogP contribution in [0, 0.1) is 17.7 Å². The van der Waals surface area contributed by atoms with Gasteiger partial charge in [0.1, 0.15) is 5.82 Å². The number of benzene rings is 1. The van der Waals surface area contributed by atoms with E-state index in [-0.39, 0.29) is 16.2 Å². The topological polar surface area (TPSA) is 0 Å². The van der Waals surface area contributed by atoms with Crippen LogP contribution in [-0.4, -0.2) is 5.38 Å². The number of alkyl halides is 1. The maximum absolute atomic E-state index is 13.3. The Morgan fingerprint density at radius 3 is 2.75 bits per heavy atom. The fourth-order valence-electron chi connectivity index (χ4n) is 2.47. The first-order chi connectivity index (χ1) is 7.59. The van der Waals surface area contributed by atoms with Crippen LogP contribution in [0.25, 0.3) is 0 Å². The van der Waals surface area contributed by atoms with Gasteiger partial charge in [-0.15, -0.1) is 11.6 Å². The van der Waals surface area contributed by atoms with Crippen LogP contribution in [0.2, 0.25) is 5.02 Å². The molecule has 0 saturated heterocycles. The molecular weight excluding hydrogens is 246 g/mol. The van der Waals surface area contributed by atoms with Crippen LogP contribution < -0.4 is 0 Å². The summed E-state index contributed by atoms with van der Waals surface area (Å²) >= 11 is 12.1. The van der Waals surface area contributed by atoms with Crippen molar-refractivity contribution < 1.29 is 4.39 Å². The van der Waals surface area contributed by atoms with Crippen LogP contribution in [0.5, 0.6) is 0 Å². The second kappa shape index (κ2) is 4.93. The van der Waals surface area contributed by atoms with E-state index in [9.17, 15) is 4.39 Å². The van der Waals surface area contributed by atoms with Gasteiger partial charge in [-0.3, -0.25) is 0 Å². The molecule has 1 aromatic carbocycles. The number of hydrogen-bond donors (Lipinski definition) is 0. The molecule has 1 aliphatic rings. The molecule has 0 spiro atoms. The molecule has 3 unspecified atom stereocenters. The fourth-order valence-corrected chi connectivity index (χ4v) is 3.01. The Balaban J connectivity index is 2.12. The first kappa shape index (κ1) is 12.2. The van der Waals surface area contributed by atoms with E-state index in [0.717, 1.165) is 24.8 Å². The van der Waals surface area contributed by atoms with Gasteiger partial charge in [0.15, 0.2) is 0 Å². The molecule has 3 heteroatoms. The van der Waals surface area contributed by atoms with E-state index in [1.54, 1.807) is 6.07 Å². The lowest BCUT2D eigenvalue weighted by Gasteiger charge is -2.17. The summed E-state index contributed by atoms with van der Waals surface area (Å²) in [5, 5.41) is 0.532. The van der Waals surface area contributed by atoms with Gasteiger partial charge >= 0.3 is 0 Å². The van der Waals surface area contributed by atoms with Crippen LogP contribution in [0.3, 0.4) is 0 Å². The molecule has 0 aromatic heterocycles. The van der Waals surface area contributed by atoms with Crippen molar-refractivity contribution in [1.29, 1.82) is 0 Å². The minimum Gasteiger partial charge on any atom is -0.205 e. The van der Waals surface area contributed by atoms with Gasteiger partial charge in [-0.2, -0.15) is 0 Å². The van der Waals surface area contributed by atoms with E-state index in [2.05, 4.69) is 6.92 Å². The highest BCUT2D eigenvalue weighted by molar-refractivity contribution is 6.31. The molecule has 3 atom stereocenters. The highest BCUT2D eigenvalue weighted by Crippen LogP contribution is 2.38. The second-order valence-corrected chi connectivity index (χ2v) is 5.57. The van der Waals surface area contributed by atoms with Crippen LogP contribution in [-0.2, 0) is 6.42 Å². The zero-order valence-electron chi connectivity index (χ0n) is 9.22. The molecular formula is C13H15Cl2F. The molecule has 0 amide bonds. The lowest BCUT2D eigenvalue weighted by molar-refractivity contribution is 0.419. The minimum atomic E-state index is -0.327. The maximum atomic E-state index is 13.3. The molecule has 0 nitrogen and oxygen atoms in total. The Morgan fingerprint density at radius 2 is 2.12 bits per heavy atom. The zero-order valence-corrected chi connectivity index (χ0v) is 10.7. The van der Waals surface area contributed by atoms with Crippen molar-refractivity contribution >= 4 is 23.2 Å². The smallest absolute Gasteiger partial charge is 0.142 e. The quantitative estimate of drug-likeness (QED) is 0.678. The van der Waals surface area contributed by atoms with Crippen molar-refractivity contribution in [2.24, 2.45) is 11.8 Å². The van der Waals surface area contributed by atoms with Gasteiger partial charge in [-0.25, -0.2) is 4.39 Å². The van der Waals surface area contributed by atoms with Crippen molar-refractivity contribution in [3.05, 3.63) is 34.6 Å².